The van der Waals surface area contributed by atoms with Crippen molar-refractivity contribution in [1.29, 1.82) is 0 Å². The maximum atomic E-state index is 13.8. The molecule has 1 aromatic carbocycles. The van der Waals surface area contributed by atoms with Gasteiger partial charge >= 0.3 is 5.97 Å². The molecule has 1 unspecified atom stereocenters. The summed E-state index contributed by atoms with van der Waals surface area (Å²) in [5.74, 6) is 0.626. The summed E-state index contributed by atoms with van der Waals surface area (Å²) in [4.78, 5) is 28.4. The molecule has 1 saturated heterocycles. The summed E-state index contributed by atoms with van der Waals surface area (Å²) >= 11 is 0. The van der Waals surface area contributed by atoms with Gasteiger partial charge in [-0.25, -0.2) is 4.79 Å². The molecule has 1 saturated carbocycles. The van der Waals surface area contributed by atoms with Crippen LogP contribution in [0.15, 0.2) is 36.5 Å². The highest BCUT2D eigenvalue weighted by molar-refractivity contribution is 6.02. The first-order valence-corrected chi connectivity index (χ1v) is 11.8. The van der Waals surface area contributed by atoms with Crippen molar-refractivity contribution >= 4 is 17.7 Å². The molecule has 7 heteroatoms. The van der Waals surface area contributed by atoms with E-state index in [-0.39, 0.29) is 24.5 Å². The lowest BCUT2D eigenvalue weighted by Crippen LogP contribution is -2.46. The molecule has 2 fully saturated rings. The number of ether oxygens (including phenoxy) is 2. The van der Waals surface area contributed by atoms with Gasteiger partial charge in [-0.05, 0) is 50.5 Å². The smallest absolute Gasteiger partial charge is 0.343 e. The number of rotatable bonds is 7. The summed E-state index contributed by atoms with van der Waals surface area (Å²) in [5.41, 5.74) is 1.41. The molecule has 7 nitrogen and oxygen atoms in total. The van der Waals surface area contributed by atoms with Gasteiger partial charge in [-0.1, -0.05) is 37.3 Å². The quantitative estimate of drug-likeness (QED) is 0.609. The van der Waals surface area contributed by atoms with E-state index in [2.05, 4.69) is 6.92 Å². The molecule has 0 radical (unpaired) electrons. The predicted molar refractivity (Wildman–Crippen MR) is 122 cm³/mol. The number of esters is 1. The first-order chi connectivity index (χ1) is 15.6. The molecule has 1 amide bonds. The molecule has 2 aliphatic rings. The van der Waals surface area contributed by atoms with Crippen molar-refractivity contribution < 1.29 is 19.1 Å². The average molecular weight is 440 g/mol. The third kappa shape index (κ3) is 5.04. The second-order valence-electron chi connectivity index (χ2n) is 8.95. The van der Waals surface area contributed by atoms with Crippen LogP contribution in [0.4, 0.5) is 5.82 Å². The normalized spacial score (nSPS) is 23.1. The zero-order chi connectivity index (χ0) is 22.5. The van der Waals surface area contributed by atoms with E-state index in [1.807, 2.05) is 30.3 Å². The molecular formula is C25H33N3O4. The van der Waals surface area contributed by atoms with Crippen LogP contribution >= 0.6 is 0 Å². The summed E-state index contributed by atoms with van der Waals surface area (Å²) in [6.07, 6.45) is 6.31. The molecule has 0 N–H and O–H groups in total. The Morgan fingerprint density at radius 3 is 2.56 bits per heavy atom. The lowest BCUT2D eigenvalue weighted by molar-refractivity contribution is -0.124. The molecular weight excluding hydrogens is 406 g/mol. The van der Waals surface area contributed by atoms with Crippen LogP contribution in [-0.4, -0.2) is 47.5 Å². The molecule has 0 spiro atoms. The van der Waals surface area contributed by atoms with Gasteiger partial charge in [0.05, 0.1) is 25.8 Å². The Morgan fingerprint density at radius 2 is 1.91 bits per heavy atom. The topological polar surface area (TPSA) is 73.7 Å². The SMILES string of the molecule is CCOC(=O)c1cn(Cc2ccccc2)nc1N(C(=O)[C@H]1CC[C@H](C)CC1)C1CCOC1. The molecule has 1 aliphatic heterocycles. The molecule has 0 bridgehead atoms. The second-order valence-corrected chi connectivity index (χ2v) is 8.95. The van der Waals surface area contributed by atoms with Crippen LogP contribution in [-0.2, 0) is 20.8 Å². The van der Waals surface area contributed by atoms with Gasteiger partial charge in [0, 0.05) is 18.7 Å². The van der Waals surface area contributed by atoms with E-state index in [4.69, 9.17) is 14.6 Å². The van der Waals surface area contributed by atoms with E-state index in [0.29, 0.717) is 37.1 Å². The van der Waals surface area contributed by atoms with E-state index in [1.165, 1.54) is 0 Å². The highest BCUT2D eigenvalue weighted by atomic mass is 16.5. The van der Waals surface area contributed by atoms with Crippen LogP contribution in [0.3, 0.4) is 0 Å². The Balaban J connectivity index is 1.69. The number of amides is 1. The maximum absolute atomic E-state index is 13.8. The number of anilines is 1. The van der Waals surface area contributed by atoms with E-state index < -0.39 is 5.97 Å². The summed E-state index contributed by atoms with van der Waals surface area (Å²) in [6, 6.07) is 9.83. The van der Waals surface area contributed by atoms with Crippen molar-refractivity contribution in [3.8, 4) is 0 Å². The van der Waals surface area contributed by atoms with Gasteiger partial charge in [0.2, 0.25) is 5.91 Å². The molecule has 32 heavy (non-hydrogen) atoms. The molecule has 1 aromatic heterocycles. The van der Waals surface area contributed by atoms with Gasteiger partial charge in [-0.3, -0.25) is 14.4 Å². The zero-order valence-corrected chi connectivity index (χ0v) is 19.0. The third-order valence-electron chi connectivity index (χ3n) is 6.53. The minimum atomic E-state index is -0.448. The van der Waals surface area contributed by atoms with Gasteiger partial charge in [-0.2, -0.15) is 5.10 Å². The van der Waals surface area contributed by atoms with Gasteiger partial charge in [-0.15, -0.1) is 0 Å². The average Bonchev–Trinajstić information content (AvgIpc) is 3.46. The minimum Gasteiger partial charge on any atom is -0.462 e. The van der Waals surface area contributed by atoms with Crippen molar-refractivity contribution in [1.82, 2.24) is 9.78 Å². The van der Waals surface area contributed by atoms with E-state index >= 15 is 0 Å². The van der Waals surface area contributed by atoms with Gasteiger partial charge in [0.25, 0.3) is 0 Å². The summed E-state index contributed by atoms with van der Waals surface area (Å²) in [6.45, 7) is 5.87. The fourth-order valence-corrected chi connectivity index (χ4v) is 4.68. The Morgan fingerprint density at radius 1 is 1.16 bits per heavy atom. The van der Waals surface area contributed by atoms with Crippen LogP contribution in [0.5, 0.6) is 0 Å². The van der Waals surface area contributed by atoms with Crippen molar-refractivity contribution in [2.24, 2.45) is 11.8 Å². The number of carbonyl (C=O) groups excluding carboxylic acids is 2. The summed E-state index contributed by atoms with van der Waals surface area (Å²) in [5, 5.41) is 4.75. The van der Waals surface area contributed by atoms with Crippen LogP contribution in [0.2, 0.25) is 0 Å². The monoisotopic (exact) mass is 439 g/mol. The minimum absolute atomic E-state index is 0.0406. The molecule has 2 heterocycles. The maximum Gasteiger partial charge on any atom is 0.343 e. The largest absolute Gasteiger partial charge is 0.462 e. The van der Waals surface area contributed by atoms with Crippen molar-refractivity contribution in [3.05, 3.63) is 47.7 Å². The Hall–Kier alpha value is -2.67. The standard InChI is InChI=1S/C25H33N3O4/c1-3-32-25(30)22-16-27(15-19-7-5-4-6-8-19)26-23(22)28(21-13-14-31-17-21)24(29)20-11-9-18(2)10-12-20/h4-8,16,18,20-21H,3,9-15,17H2,1-2H3/t18-,20-,21?. The van der Waals surface area contributed by atoms with Gasteiger partial charge < -0.3 is 9.47 Å². The molecule has 1 aliphatic carbocycles. The predicted octanol–water partition coefficient (Wildman–Crippen LogP) is 4.06. The van der Waals surface area contributed by atoms with E-state index in [1.54, 1.807) is 22.7 Å². The number of aromatic nitrogens is 2. The Bertz CT molecular complexity index is 913. The number of carbonyl (C=O) groups is 2. The number of hydrogen-bond donors (Lipinski definition) is 0. The first kappa shape index (κ1) is 22.5. The molecule has 172 valence electrons. The highest BCUT2D eigenvalue weighted by Gasteiger charge is 2.38. The van der Waals surface area contributed by atoms with Crippen LogP contribution in [0.25, 0.3) is 0 Å². The lowest BCUT2D eigenvalue weighted by atomic mass is 9.82. The summed E-state index contributed by atoms with van der Waals surface area (Å²) in [7, 11) is 0. The fourth-order valence-electron chi connectivity index (χ4n) is 4.68. The highest BCUT2D eigenvalue weighted by Crippen LogP contribution is 2.34. The van der Waals surface area contributed by atoms with E-state index in [9.17, 15) is 9.59 Å². The van der Waals surface area contributed by atoms with Gasteiger partial charge in [0.15, 0.2) is 5.82 Å². The third-order valence-corrected chi connectivity index (χ3v) is 6.53. The van der Waals surface area contributed by atoms with Crippen LogP contribution < -0.4 is 4.90 Å². The molecule has 1 atom stereocenters. The second kappa shape index (κ2) is 10.3. The first-order valence-electron chi connectivity index (χ1n) is 11.8. The number of hydrogen-bond acceptors (Lipinski definition) is 5. The molecule has 4 rings (SSSR count). The Kier molecular flexibility index (Phi) is 7.25. The van der Waals surface area contributed by atoms with E-state index in [0.717, 1.165) is 37.7 Å². The lowest BCUT2D eigenvalue weighted by Gasteiger charge is -2.33. The van der Waals surface area contributed by atoms with Crippen molar-refractivity contribution in [3.63, 3.8) is 0 Å². The summed E-state index contributed by atoms with van der Waals surface area (Å²) < 4.78 is 12.7. The fraction of sp³-hybridized carbons (Fsp3) is 0.560. The van der Waals surface area contributed by atoms with Crippen molar-refractivity contribution in [2.75, 3.05) is 24.7 Å². The zero-order valence-electron chi connectivity index (χ0n) is 19.0. The number of nitrogens with zero attached hydrogens (tertiary/aromatic N) is 3. The Labute approximate surface area is 189 Å². The van der Waals surface area contributed by atoms with Crippen LogP contribution in [0, 0.1) is 11.8 Å². The number of benzene rings is 1. The van der Waals surface area contributed by atoms with Crippen LogP contribution in [0.1, 0.15) is 61.9 Å². The molecule has 2 aromatic rings. The van der Waals surface area contributed by atoms with Crippen molar-refractivity contribution in [2.45, 2.75) is 58.5 Å². The van der Waals surface area contributed by atoms with Gasteiger partial charge in [0.1, 0.15) is 5.56 Å².